The van der Waals surface area contributed by atoms with Gasteiger partial charge in [-0.25, -0.2) is 4.79 Å². The first-order valence-electron chi connectivity index (χ1n) is 8.33. The van der Waals surface area contributed by atoms with Crippen LogP contribution in [0.1, 0.15) is 33.4 Å². The zero-order valence-corrected chi connectivity index (χ0v) is 16.7. The van der Waals surface area contributed by atoms with Crippen molar-refractivity contribution in [1.82, 2.24) is 16.2 Å². The summed E-state index contributed by atoms with van der Waals surface area (Å²) in [6, 6.07) is 9.64. The van der Waals surface area contributed by atoms with Crippen LogP contribution < -0.4 is 20.9 Å². The van der Waals surface area contributed by atoms with E-state index in [4.69, 9.17) is 21.7 Å². The SMILES string of the molecule is CCCOC(=O)c1ccc(OCC(=O)NNC(=S)NC(=O)c2cccs2)cc1. The molecule has 0 saturated carbocycles. The van der Waals surface area contributed by atoms with Crippen LogP contribution in [0, 0.1) is 0 Å². The summed E-state index contributed by atoms with van der Waals surface area (Å²) in [5.74, 6) is -0.862. The third-order valence-electron chi connectivity index (χ3n) is 3.18. The summed E-state index contributed by atoms with van der Waals surface area (Å²) < 4.78 is 10.3. The fraction of sp³-hybridized carbons (Fsp3) is 0.222. The van der Waals surface area contributed by atoms with Gasteiger partial charge in [-0.2, -0.15) is 0 Å². The molecular formula is C18H19N3O5S2. The molecule has 3 N–H and O–H groups in total. The van der Waals surface area contributed by atoms with E-state index in [-0.39, 0.29) is 17.6 Å². The summed E-state index contributed by atoms with van der Waals surface area (Å²) in [6.45, 7) is 1.99. The second-order valence-corrected chi connectivity index (χ2v) is 6.74. The number of nitrogens with one attached hydrogen (secondary N) is 3. The Morgan fingerprint density at radius 3 is 2.50 bits per heavy atom. The largest absolute Gasteiger partial charge is 0.484 e. The molecule has 2 aromatic rings. The van der Waals surface area contributed by atoms with Gasteiger partial charge in [0, 0.05) is 0 Å². The maximum absolute atomic E-state index is 11.8. The molecule has 1 aromatic heterocycles. The quantitative estimate of drug-likeness (QED) is 0.357. The molecule has 0 radical (unpaired) electrons. The molecular weight excluding hydrogens is 402 g/mol. The fourth-order valence-corrected chi connectivity index (χ4v) is 2.64. The Morgan fingerprint density at radius 1 is 1.11 bits per heavy atom. The van der Waals surface area contributed by atoms with Crippen molar-refractivity contribution in [3.8, 4) is 5.75 Å². The van der Waals surface area contributed by atoms with Crippen molar-refractivity contribution in [2.24, 2.45) is 0 Å². The van der Waals surface area contributed by atoms with Crippen LogP contribution >= 0.6 is 23.6 Å². The molecule has 148 valence electrons. The normalized spacial score (nSPS) is 9.89. The van der Waals surface area contributed by atoms with Crippen molar-refractivity contribution >= 4 is 46.5 Å². The zero-order valence-electron chi connectivity index (χ0n) is 15.0. The lowest BCUT2D eigenvalue weighted by Gasteiger charge is -2.11. The molecule has 8 nitrogen and oxygen atoms in total. The van der Waals surface area contributed by atoms with E-state index in [0.29, 0.717) is 22.8 Å². The molecule has 10 heteroatoms. The Labute approximate surface area is 171 Å². The number of thiocarbonyl (C=S) groups is 1. The molecule has 1 heterocycles. The third-order valence-corrected chi connectivity index (χ3v) is 4.26. The second-order valence-electron chi connectivity index (χ2n) is 5.38. The highest BCUT2D eigenvalue weighted by molar-refractivity contribution is 7.80. The zero-order chi connectivity index (χ0) is 20.4. The van der Waals surface area contributed by atoms with Gasteiger partial charge in [0.25, 0.3) is 11.8 Å². The lowest BCUT2D eigenvalue weighted by molar-refractivity contribution is -0.123. The maximum atomic E-state index is 11.8. The summed E-state index contributed by atoms with van der Waals surface area (Å²) in [5.41, 5.74) is 5.14. The number of thiophene rings is 1. The summed E-state index contributed by atoms with van der Waals surface area (Å²) in [4.78, 5) is 35.8. The van der Waals surface area contributed by atoms with Crippen molar-refractivity contribution in [3.63, 3.8) is 0 Å². The number of hydrazine groups is 1. The van der Waals surface area contributed by atoms with E-state index < -0.39 is 11.9 Å². The number of hydrogen-bond acceptors (Lipinski definition) is 7. The topological polar surface area (TPSA) is 106 Å². The smallest absolute Gasteiger partial charge is 0.338 e. The molecule has 0 unspecified atom stereocenters. The highest BCUT2D eigenvalue weighted by atomic mass is 32.1. The van der Waals surface area contributed by atoms with Crippen molar-refractivity contribution in [2.75, 3.05) is 13.2 Å². The van der Waals surface area contributed by atoms with Crippen LogP contribution in [0.5, 0.6) is 5.75 Å². The fourth-order valence-electron chi connectivity index (χ4n) is 1.88. The first kappa shape index (κ1) is 21.3. The molecule has 0 aliphatic rings. The van der Waals surface area contributed by atoms with Crippen LogP contribution in [-0.2, 0) is 9.53 Å². The number of carbonyl (C=O) groups is 3. The van der Waals surface area contributed by atoms with Gasteiger partial charge in [-0.1, -0.05) is 13.0 Å². The Morgan fingerprint density at radius 2 is 1.86 bits per heavy atom. The number of ether oxygens (including phenoxy) is 2. The van der Waals surface area contributed by atoms with Crippen LogP contribution in [0.3, 0.4) is 0 Å². The molecule has 1 aromatic carbocycles. The molecule has 0 bridgehead atoms. The number of amides is 2. The van der Waals surface area contributed by atoms with Crippen LogP contribution in [0.2, 0.25) is 0 Å². The number of rotatable bonds is 7. The van der Waals surface area contributed by atoms with E-state index in [9.17, 15) is 14.4 Å². The first-order chi connectivity index (χ1) is 13.5. The molecule has 0 atom stereocenters. The van der Waals surface area contributed by atoms with Crippen molar-refractivity contribution < 1.29 is 23.9 Å². The van der Waals surface area contributed by atoms with Crippen LogP contribution in [0.25, 0.3) is 0 Å². The van der Waals surface area contributed by atoms with Crippen molar-refractivity contribution in [3.05, 3.63) is 52.2 Å². The van der Waals surface area contributed by atoms with Gasteiger partial charge in [0.2, 0.25) is 0 Å². The molecule has 0 fully saturated rings. The molecule has 0 aliphatic carbocycles. The molecule has 28 heavy (non-hydrogen) atoms. The van der Waals surface area contributed by atoms with E-state index in [2.05, 4.69) is 16.2 Å². The van der Waals surface area contributed by atoms with Gasteiger partial charge in [0.05, 0.1) is 17.0 Å². The highest BCUT2D eigenvalue weighted by Gasteiger charge is 2.10. The van der Waals surface area contributed by atoms with Crippen LogP contribution in [-0.4, -0.2) is 36.1 Å². The number of hydrogen-bond donors (Lipinski definition) is 3. The molecule has 0 aliphatic heterocycles. The van der Waals surface area contributed by atoms with Crippen LogP contribution in [0.15, 0.2) is 41.8 Å². The molecule has 0 spiro atoms. The van der Waals surface area contributed by atoms with Gasteiger partial charge in [0.1, 0.15) is 5.75 Å². The average molecular weight is 422 g/mol. The minimum Gasteiger partial charge on any atom is -0.484 e. The lowest BCUT2D eigenvalue weighted by Crippen LogP contribution is -2.49. The van der Waals surface area contributed by atoms with Gasteiger partial charge >= 0.3 is 5.97 Å². The monoisotopic (exact) mass is 421 g/mol. The van der Waals surface area contributed by atoms with E-state index in [1.165, 1.54) is 11.3 Å². The van der Waals surface area contributed by atoms with E-state index in [1.54, 1.807) is 41.8 Å². The molecule has 2 rings (SSSR count). The van der Waals surface area contributed by atoms with Gasteiger partial charge in [0.15, 0.2) is 11.7 Å². The van der Waals surface area contributed by atoms with Gasteiger partial charge < -0.3 is 9.47 Å². The van der Waals surface area contributed by atoms with E-state index in [1.807, 2.05) is 6.92 Å². The Hall–Kier alpha value is -2.98. The Balaban J connectivity index is 1.69. The van der Waals surface area contributed by atoms with Crippen molar-refractivity contribution in [1.29, 1.82) is 0 Å². The number of benzene rings is 1. The highest BCUT2D eigenvalue weighted by Crippen LogP contribution is 2.13. The summed E-state index contributed by atoms with van der Waals surface area (Å²) in [5, 5.41) is 4.16. The van der Waals surface area contributed by atoms with Crippen LogP contribution in [0.4, 0.5) is 0 Å². The second kappa shape index (κ2) is 11.0. The maximum Gasteiger partial charge on any atom is 0.338 e. The first-order valence-corrected chi connectivity index (χ1v) is 9.62. The van der Waals surface area contributed by atoms with Gasteiger partial charge in [-0.05, 0) is 54.4 Å². The van der Waals surface area contributed by atoms with Gasteiger partial charge in [-0.15, -0.1) is 11.3 Å². The average Bonchev–Trinajstić information content (AvgIpc) is 3.24. The third kappa shape index (κ3) is 6.97. The predicted octanol–water partition coefficient (Wildman–Crippen LogP) is 2.03. The summed E-state index contributed by atoms with van der Waals surface area (Å²) in [6.07, 6.45) is 0.747. The Kier molecular flexibility index (Phi) is 8.37. The lowest BCUT2D eigenvalue weighted by atomic mass is 10.2. The molecule has 2 amide bonds. The minimum absolute atomic E-state index is 0.0401. The Bertz CT molecular complexity index is 822. The summed E-state index contributed by atoms with van der Waals surface area (Å²) >= 11 is 6.21. The standard InChI is InChI=1S/C18H19N3O5S2/c1-2-9-25-17(24)12-5-7-13(8-6-12)26-11-15(22)20-21-18(27)19-16(23)14-4-3-10-28-14/h3-8,10H,2,9,11H2,1H3,(H,20,22)(H2,19,21,23,27). The summed E-state index contributed by atoms with van der Waals surface area (Å²) in [7, 11) is 0. The van der Waals surface area contributed by atoms with E-state index >= 15 is 0 Å². The number of esters is 1. The van der Waals surface area contributed by atoms with Crippen molar-refractivity contribution in [2.45, 2.75) is 13.3 Å². The number of carbonyl (C=O) groups excluding carboxylic acids is 3. The molecule has 0 saturated heterocycles. The van der Waals surface area contributed by atoms with E-state index in [0.717, 1.165) is 6.42 Å². The predicted molar refractivity (Wildman–Crippen MR) is 108 cm³/mol. The van der Waals surface area contributed by atoms with Gasteiger partial charge in [-0.3, -0.25) is 25.8 Å². The minimum atomic E-state index is -0.501.